The van der Waals surface area contributed by atoms with Crippen molar-refractivity contribution in [3.63, 3.8) is 0 Å². The molecule has 26 aromatic carbocycles. The van der Waals surface area contributed by atoms with Crippen molar-refractivity contribution < 1.29 is 4.84 Å². The first-order chi connectivity index (χ1) is 34.9. The van der Waals surface area contributed by atoms with Crippen LogP contribution in [0.2, 0.25) is 0 Å². The van der Waals surface area contributed by atoms with Gasteiger partial charge < -0.3 is 9.74 Å². The van der Waals surface area contributed by atoms with Gasteiger partial charge in [-0.2, -0.15) is 0 Å². The van der Waals surface area contributed by atoms with Crippen molar-refractivity contribution >= 4 is 275 Å². The smallest absolute Gasteiger partial charge is 0.195 e. The van der Waals surface area contributed by atoms with E-state index in [2.05, 4.69) is 4.90 Å². The van der Waals surface area contributed by atoms with Gasteiger partial charge in [0.05, 0.1) is 16.5 Å². The molecular formula is C67H12N2O. The SMILES string of the molecule is C1CCN2CC34c5c6c7c8c9c%10c%11c%12c%13c(c%14c%15c3c3c5c5c7c7c%16c8c8c%10c%10c%11c%11c%13c%13c%14c%14c%15c%15c3c3c5c7c5c7c3c%15c3c%14c%14c%13c%11c%11c%10c%10c8c%16c5c5c%10c%11c%14c3c75)C4(C2)C%122ON=C(C1)C692. The zero-order valence-corrected chi connectivity index (χ0v) is 36.0. The first kappa shape index (κ1) is 25.7. The number of rotatable bonds is 0. The second kappa shape index (κ2) is 5.63. The van der Waals surface area contributed by atoms with E-state index in [0.29, 0.717) is 0 Å². The number of nitrogens with zero attached hydrogens (tertiary/aromatic N) is 2. The average molecular weight is 861 g/mol. The molecule has 0 aromatic heterocycles. The Morgan fingerprint density at radius 1 is 0.286 bits per heavy atom. The van der Waals surface area contributed by atoms with Crippen LogP contribution in [-0.2, 0) is 26.7 Å². The van der Waals surface area contributed by atoms with Crippen molar-refractivity contribution in [3.05, 3.63) is 33.4 Å². The molecule has 0 amide bonds. The molecule has 296 valence electrons. The molecule has 5 atom stereocenters. The van der Waals surface area contributed by atoms with E-state index < -0.39 is 11.0 Å². The summed E-state index contributed by atoms with van der Waals surface area (Å²) in [5.41, 5.74) is 10.0. The van der Waals surface area contributed by atoms with Gasteiger partial charge in [-0.3, -0.25) is 0 Å². The molecule has 0 saturated carbocycles. The predicted molar refractivity (Wildman–Crippen MR) is 287 cm³/mol. The fraction of sp³-hybridized carbons (Fsp3) is 0.149. The molecule has 4 spiro atoms. The van der Waals surface area contributed by atoms with Crippen LogP contribution in [0, 0.1) is 0 Å². The molecule has 35 rings (SSSR count). The molecule has 6 aliphatic carbocycles. The van der Waals surface area contributed by atoms with Gasteiger partial charge in [0.25, 0.3) is 0 Å². The van der Waals surface area contributed by atoms with E-state index in [-0.39, 0.29) is 10.8 Å². The minimum Gasteiger partial charge on any atom is -0.382 e. The Balaban J connectivity index is 1.20. The molecule has 2 fully saturated rings. The summed E-state index contributed by atoms with van der Waals surface area (Å²) in [4.78, 5) is 11.5. The molecule has 3 nitrogen and oxygen atoms in total. The molecule has 5 bridgehead atoms. The van der Waals surface area contributed by atoms with E-state index in [1.54, 1.807) is 303 Å². The maximum atomic E-state index is 8.40. The van der Waals surface area contributed by atoms with Gasteiger partial charge in [0.1, 0.15) is 5.41 Å². The molecule has 3 heterocycles. The summed E-state index contributed by atoms with van der Waals surface area (Å²) in [6, 6.07) is 0. The van der Waals surface area contributed by atoms with E-state index in [0.717, 1.165) is 19.5 Å². The van der Waals surface area contributed by atoms with Gasteiger partial charge in [-0.25, -0.2) is 0 Å². The maximum absolute atomic E-state index is 8.40. The highest BCUT2D eigenvalue weighted by Gasteiger charge is 2.90. The molecule has 26 aromatic rings. The Bertz CT molecular complexity index is 7380. The number of hydrogen-bond acceptors (Lipinski definition) is 3. The molecule has 2 saturated heterocycles. The van der Waals surface area contributed by atoms with Crippen LogP contribution in [-0.4, -0.2) is 30.2 Å². The first-order valence-electron chi connectivity index (χ1n) is 26.9. The Labute approximate surface area is 382 Å². The second-order valence-corrected chi connectivity index (χ2v) is 27.0. The van der Waals surface area contributed by atoms with E-state index >= 15 is 0 Å². The quantitative estimate of drug-likeness (QED) is 0.142. The van der Waals surface area contributed by atoms with Gasteiger partial charge in [0.2, 0.25) is 0 Å². The second-order valence-electron chi connectivity index (χ2n) is 27.0. The monoisotopic (exact) mass is 860 g/mol. The van der Waals surface area contributed by atoms with E-state index in [4.69, 9.17) is 9.99 Å². The van der Waals surface area contributed by atoms with Crippen molar-refractivity contribution in [2.24, 2.45) is 5.16 Å². The van der Waals surface area contributed by atoms with E-state index in [1.807, 2.05) is 0 Å². The molecule has 0 N–H and O–H groups in total. The van der Waals surface area contributed by atoms with Gasteiger partial charge in [0, 0.05) is 18.7 Å². The Morgan fingerprint density at radius 3 is 1.04 bits per heavy atom. The minimum absolute atomic E-state index is 0.252. The number of benzene rings is 17. The third kappa shape index (κ3) is 1.26. The van der Waals surface area contributed by atoms with Gasteiger partial charge in [0.15, 0.2) is 5.60 Å². The van der Waals surface area contributed by atoms with Gasteiger partial charge in [-0.15, -0.1) is 0 Å². The summed E-state index contributed by atoms with van der Waals surface area (Å²) in [5, 5.41) is 89.3. The van der Waals surface area contributed by atoms with Crippen LogP contribution in [0.4, 0.5) is 0 Å². The van der Waals surface area contributed by atoms with Gasteiger partial charge in [-0.1, -0.05) is 5.16 Å². The standard InChI is InChI=1S/C67H12N2O/c1-2-4-69-5-64-58-49-41-34-25-17-10-8-9-11-13-12(10)19-23(17)35(41)42-38-27(19)28-20(13)24-18(11)26-22-15(9)16-14(8)21(25)30-32-29(16)33-31(22)43-36(26)44-37(24)45-39(28)48(38)57-59(51(42)49)65(64,6-69)67-61(57)54(45)52(44)60-53(43)56-47(33)46(32)55(50(58)40(30)34)62(64)63(56)66(60,67)7(3-1)68-70-67/h1-6H2. The van der Waals surface area contributed by atoms with Crippen LogP contribution in [0.1, 0.15) is 52.6 Å². The van der Waals surface area contributed by atoms with Crippen molar-refractivity contribution in [1.82, 2.24) is 4.90 Å². The predicted octanol–water partition coefficient (Wildman–Crippen LogP) is 16.0. The molecular weight excluding hydrogens is 849 g/mol. The number of hydrogen-bond donors (Lipinski definition) is 0. The topological polar surface area (TPSA) is 24.8 Å². The zero-order valence-electron chi connectivity index (χ0n) is 36.0. The molecule has 9 aliphatic rings. The highest BCUT2D eigenvalue weighted by Crippen LogP contribution is 2.91. The summed E-state index contributed by atoms with van der Waals surface area (Å²) < 4.78 is 0. The highest BCUT2D eigenvalue weighted by atomic mass is 16.7. The largest absolute Gasteiger partial charge is 0.382 e. The summed E-state index contributed by atoms with van der Waals surface area (Å²) in [6.45, 7) is 3.33. The summed E-state index contributed by atoms with van der Waals surface area (Å²) in [6.07, 6.45) is 3.42. The average Bonchev–Trinajstić information content (AvgIpc) is 4.23. The van der Waals surface area contributed by atoms with Crippen LogP contribution in [0.3, 0.4) is 0 Å². The van der Waals surface area contributed by atoms with Crippen molar-refractivity contribution in [3.8, 4) is 0 Å². The van der Waals surface area contributed by atoms with Gasteiger partial charge in [-0.05, 0) is 323 Å². The van der Waals surface area contributed by atoms with Crippen LogP contribution in [0.5, 0.6) is 0 Å². The van der Waals surface area contributed by atoms with Crippen LogP contribution < -0.4 is 0 Å². The zero-order chi connectivity index (χ0) is 41.1. The van der Waals surface area contributed by atoms with Crippen LogP contribution in [0.15, 0.2) is 5.16 Å². The van der Waals surface area contributed by atoms with Gasteiger partial charge >= 0.3 is 0 Å². The molecule has 0 radical (unpaired) electrons. The van der Waals surface area contributed by atoms with E-state index in [9.17, 15) is 0 Å². The fourth-order valence-corrected chi connectivity index (χ4v) is 27.6. The van der Waals surface area contributed by atoms with E-state index in [1.165, 1.54) is 25.1 Å². The molecule has 5 unspecified atom stereocenters. The Hall–Kier alpha value is -7.85. The van der Waals surface area contributed by atoms with Crippen molar-refractivity contribution in [1.29, 1.82) is 0 Å². The molecule has 70 heavy (non-hydrogen) atoms. The number of oxime groups is 1. The first-order valence-corrected chi connectivity index (χ1v) is 26.9. The molecule has 3 heteroatoms. The van der Waals surface area contributed by atoms with Crippen molar-refractivity contribution in [2.45, 2.75) is 41.1 Å². The summed E-state index contributed by atoms with van der Waals surface area (Å²) >= 11 is 0. The Morgan fingerprint density at radius 2 is 0.614 bits per heavy atom. The molecule has 3 aliphatic heterocycles. The lowest BCUT2D eigenvalue weighted by atomic mass is 9.37. The normalized spacial score (nSPS) is 29.9. The fourth-order valence-electron chi connectivity index (χ4n) is 27.6. The highest BCUT2D eigenvalue weighted by molar-refractivity contribution is 6.81. The Kier molecular flexibility index (Phi) is 2.07. The maximum Gasteiger partial charge on any atom is 0.195 e. The lowest BCUT2D eigenvalue weighted by Crippen LogP contribution is -2.72. The van der Waals surface area contributed by atoms with Crippen molar-refractivity contribution in [2.75, 3.05) is 19.6 Å². The lowest BCUT2D eigenvalue weighted by Gasteiger charge is -2.62. The third-order valence-corrected chi connectivity index (χ3v) is 27.3. The lowest BCUT2D eigenvalue weighted by molar-refractivity contribution is -0.125. The van der Waals surface area contributed by atoms with Crippen LogP contribution >= 0.6 is 0 Å². The van der Waals surface area contributed by atoms with Crippen LogP contribution in [0.25, 0.3) is 269 Å². The number of fused-ring (bicyclic) bond motifs is 1. The third-order valence-electron chi connectivity index (χ3n) is 27.3. The minimum atomic E-state index is -0.669. The summed E-state index contributed by atoms with van der Waals surface area (Å²) in [5.74, 6) is 0. The summed E-state index contributed by atoms with van der Waals surface area (Å²) in [7, 11) is 0.